The molecule has 1 nitrogen and oxygen atoms in total. The Morgan fingerprint density at radius 3 is 2.15 bits per heavy atom. The van der Waals surface area contributed by atoms with Crippen molar-refractivity contribution in [2.24, 2.45) is 5.41 Å². The van der Waals surface area contributed by atoms with Crippen molar-refractivity contribution in [2.45, 2.75) is 20.8 Å². The molecular weight excluding hydrogens is 227 g/mol. The minimum absolute atomic E-state index is 0.0283. The average molecular weight is 241 g/mol. The van der Waals surface area contributed by atoms with E-state index in [1.807, 2.05) is 51.1 Å². The Hall–Kier alpha value is -0.591. The van der Waals surface area contributed by atoms with Crippen LogP contribution in [0.5, 0.6) is 0 Å². The van der Waals surface area contributed by atoms with Gasteiger partial charge in [0.1, 0.15) is 0 Å². The fourth-order valence-corrected chi connectivity index (χ4v) is 2.46. The van der Waals surface area contributed by atoms with E-state index in [0.29, 0.717) is 4.68 Å². The Kier molecular flexibility index (Phi) is 3.29. The normalized spacial score (nSPS) is 11.3. The molecule has 0 heterocycles. The van der Waals surface area contributed by atoms with Crippen LogP contribution in [0.4, 0.5) is 0 Å². The maximum absolute atomic E-state index is 11.7. The SMILES string of the molecule is CC(C)(C)C(=O)[Se]c1ccccc1. The van der Waals surface area contributed by atoms with Crippen molar-refractivity contribution in [1.29, 1.82) is 0 Å². The molecule has 0 atom stereocenters. The van der Waals surface area contributed by atoms with Gasteiger partial charge in [0.05, 0.1) is 0 Å². The molecule has 1 aromatic rings. The molecule has 0 spiro atoms. The average Bonchev–Trinajstić information content (AvgIpc) is 2.04. The summed E-state index contributed by atoms with van der Waals surface area (Å²) in [6, 6.07) is 9.97. The number of hydrogen-bond acceptors (Lipinski definition) is 1. The number of carbonyl (C=O) groups is 1. The van der Waals surface area contributed by atoms with Gasteiger partial charge in [-0.15, -0.1) is 0 Å². The van der Waals surface area contributed by atoms with Crippen LogP contribution in [0.1, 0.15) is 20.8 Å². The van der Waals surface area contributed by atoms with Gasteiger partial charge in [0.15, 0.2) is 0 Å². The first-order valence-corrected chi connectivity index (χ1v) is 5.99. The molecule has 0 amide bonds. The van der Waals surface area contributed by atoms with Gasteiger partial charge in [0, 0.05) is 0 Å². The molecule has 0 aromatic heterocycles. The first-order chi connectivity index (χ1) is 6.00. The predicted molar refractivity (Wildman–Crippen MR) is 56.3 cm³/mol. The van der Waals surface area contributed by atoms with Gasteiger partial charge >= 0.3 is 85.4 Å². The second-order valence-electron chi connectivity index (χ2n) is 3.95. The van der Waals surface area contributed by atoms with E-state index in [1.165, 1.54) is 0 Å². The van der Waals surface area contributed by atoms with E-state index in [1.54, 1.807) is 0 Å². The summed E-state index contributed by atoms with van der Waals surface area (Å²) in [5.41, 5.74) is -0.199. The van der Waals surface area contributed by atoms with E-state index in [0.717, 1.165) is 4.46 Å². The fourth-order valence-electron chi connectivity index (χ4n) is 0.749. The number of rotatable bonds is 2. The molecule has 0 fully saturated rings. The Balaban J connectivity index is 2.66. The molecule has 1 aromatic carbocycles. The summed E-state index contributed by atoms with van der Waals surface area (Å²) >= 11 is -0.0283. The predicted octanol–water partition coefficient (Wildman–Crippen LogP) is 1.59. The van der Waals surface area contributed by atoms with Crippen LogP contribution >= 0.6 is 0 Å². The first kappa shape index (κ1) is 10.5. The molecule has 2 heteroatoms. The van der Waals surface area contributed by atoms with Gasteiger partial charge in [-0.05, 0) is 0 Å². The van der Waals surface area contributed by atoms with Crippen LogP contribution in [0.25, 0.3) is 0 Å². The number of benzene rings is 1. The zero-order valence-electron chi connectivity index (χ0n) is 8.20. The van der Waals surface area contributed by atoms with Gasteiger partial charge in [-0.1, -0.05) is 0 Å². The summed E-state index contributed by atoms with van der Waals surface area (Å²) in [5.74, 6) is 0. The van der Waals surface area contributed by atoms with Gasteiger partial charge in [-0.2, -0.15) is 0 Å². The third-order valence-electron chi connectivity index (χ3n) is 1.57. The van der Waals surface area contributed by atoms with E-state index in [2.05, 4.69) is 0 Å². The quantitative estimate of drug-likeness (QED) is 0.718. The second kappa shape index (κ2) is 4.08. The van der Waals surface area contributed by atoms with Crippen molar-refractivity contribution in [3.63, 3.8) is 0 Å². The zero-order valence-corrected chi connectivity index (χ0v) is 9.92. The van der Waals surface area contributed by atoms with Crippen LogP contribution < -0.4 is 4.46 Å². The van der Waals surface area contributed by atoms with Crippen LogP contribution in [0.3, 0.4) is 0 Å². The summed E-state index contributed by atoms with van der Waals surface area (Å²) in [6.45, 7) is 5.92. The van der Waals surface area contributed by atoms with Crippen molar-refractivity contribution in [2.75, 3.05) is 0 Å². The van der Waals surface area contributed by atoms with E-state index in [9.17, 15) is 4.79 Å². The van der Waals surface area contributed by atoms with E-state index in [4.69, 9.17) is 0 Å². The Morgan fingerprint density at radius 2 is 1.69 bits per heavy atom. The third kappa shape index (κ3) is 3.33. The maximum atomic E-state index is 11.7. The third-order valence-corrected chi connectivity index (χ3v) is 4.31. The molecule has 13 heavy (non-hydrogen) atoms. The number of carbonyl (C=O) groups excluding carboxylic acids is 1. The summed E-state index contributed by atoms with van der Waals surface area (Å²) < 4.78 is 1.51. The van der Waals surface area contributed by atoms with E-state index in [-0.39, 0.29) is 20.4 Å². The summed E-state index contributed by atoms with van der Waals surface area (Å²) in [7, 11) is 0. The molecule has 0 saturated heterocycles. The molecule has 0 aliphatic heterocycles. The monoisotopic (exact) mass is 242 g/mol. The van der Waals surface area contributed by atoms with Crippen molar-refractivity contribution in [3.05, 3.63) is 30.3 Å². The molecule has 0 aliphatic rings. The van der Waals surface area contributed by atoms with Crippen LogP contribution in [-0.2, 0) is 4.79 Å². The second-order valence-corrected chi connectivity index (χ2v) is 6.15. The van der Waals surface area contributed by atoms with Crippen LogP contribution in [0.2, 0.25) is 0 Å². The fraction of sp³-hybridized carbons (Fsp3) is 0.364. The summed E-state index contributed by atoms with van der Waals surface area (Å²) in [6.07, 6.45) is 0. The molecule has 0 bridgehead atoms. The summed E-state index contributed by atoms with van der Waals surface area (Å²) in [4.78, 5) is 11.7. The minimum atomic E-state index is -0.199. The molecule has 0 unspecified atom stereocenters. The molecule has 0 N–H and O–H groups in total. The standard InChI is InChI=1S/C11H14OSe/c1-11(2,3)10(12)13-9-7-5-4-6-8-9/h4-8H,1-3H3. The van der Waals surface area contributed by atoms with E-state index >= 15 is 0 Å². The molecule has 1 rings (SSSR count). The Labute approximate surface area is 85.7 Å². The molecule has 0 aliphatic carbocycles. The zero-order chi connectivity index (χ0) is 9.90. The van der Waals surface area contributed by atoms with Gasteiger partial charge in [0.25, 0.3) is 0 Å². The van der Waals surface area contributed by atoms with E-state index < -0.39 is 0 Å². The van der Waals surface area contributed by atoms with Gasteiger partial charge < -0.3 is 0 Å². The first-order valence-electron chi connectivity index (χ1n) is 4.27. The molecular formula is C11H14OSe. The topological polar surface area (TPSA) is 17.1 Å². The number of hydrogen-bond donors (Lipinski definition) is 0. The van der Waals surface area contributed by atoms with Gasteiger partial charge in [0.2, 0.25) is 0 Å². The van der Waals surface area contributed by atoms with Crippen molar-refractivity contribution in [3.8, 4) is 0 Å². The van der Waals surface area contributed by atoms with Crippen LogP contribution in [0, 0.1) is 5.41 Å². The van der Waals surface area contributed by atoms with Gasteiger partial charge in [-0.25, -0.2) is 0 Å². The Morgan fingerprint density at radius 1 is 1.15 bits per heavy atom. The van der Waals surface area contributed by atoms with Gasteiger partial charge in [-0.3, -0.25) is 0 Å². The van der Waals surface area contributed by atoms with Crippen molar-refractivity contribution >= 4 is 24.1 Å². The van der Waals surface area contributed by atoms with Crippen LogP contribution in [0.15, 0.2) is 30.3 Å². The van der Waals surface area contributed by atoms with Crippen molar-refractivity contribution < 1.29 is 4.79 Å². The molecule has 0 radical (unpaired) electrons. The molecule has 70 valence electrons. The Bertz CT molecular complexity index is 285. The van der Waals surface area contributed by atoms with Crippen molar-refractivity contribution in [1.82, 2.24) is 0 Å². The van der Waals surface area contributed by atoms with Crippen LogP contribution in [-0.4, -0.2) is 19.6 Å². The summed E-state index contributed by atoms with van der Waals surface area (Å²) in [5, 5.41) is 0. The molecule has 0 saturated carbocycles.